The third-order valence-electron chi connectivity index (χ3n) is 4.15. The fourth-order valence-corrected chi connectivity index (χ4v) is 2.98. The molecular weight excluding hydrogens is 363 g/mol. The fourth-order valence-electron chi connectivity index (χ4n) is 2.98. The van der Waals surface area contributed by atoms with Crippen molar-refractivity contribution in [2.24, 2.45) is 16.6 Å². The summed E-state index contributed by atoms with van der Waals surface area (Å²) in [6.07, 6.45) is -0.671. The molecule has 3 N–H and O–H groups in total. The Morgan fingerprint density at radius 1 is 1.48 bits per heavy atom. The number of piperidine rings is 1. The van der Waals surface area contributed by atoms with Crippen molar-refractivity contribution in [1.29, 1.82) is 0 Å². The van der Waals surface area contributed by atoms with Gasteiger partial charge in [-0.1, -0.05) is 6.07 Å². The quantitative estimate of drug-likeness (QED) is 0.572. The van der Waals surface area contributed by atoms with Gasteiger partial charge in [0.05, 0.1) is 0 Å². The molecule has 1 fully saturated rings. The minimum absolute atomic E-state index is 0.0780. The molecule has 0 aromatic carbocycles. The highest BCUT2D eigenvalue weighted by Gasteiger charge is 2.28. The highest BCUT2D eigenvalue weighted by Crippen LogP contribution is 2.20. The first kappa shape index (κ1) is 20.8. The minimum Gasteiger partial charge on any atom is -0.468 e. The number of nitrogens with zero attached hydrogens (tertiary/aromatic N) is 3. The molecule has 2 heterocycles. The predicted molar refractivity (Wildman–Crippen MR) is 94.1 cm³/mol. The molecular formula is C17H24F3N5O2. The maximum atomic E-state index is 12.1. The summed E-state index contributed by atoms with van der Waals surface area (Å²) in [5.74, 6) is 0.526. The van der Waals surface area contributed by atoms with Gasteiger partial charge in [0.1, 0.15) is 0 Å². The number of amides is 1. The average Bonchev–Trinajstić information content (AvgIpc) is 2.60. The lowest BCUT2D eigenvalue weighted by molar-refractivity contribution is -0.154. The summed E-state index contributed by atoms with van der Waals surface area (Å²) in [6, 6.07) is 3.04. The number of carbonyl (C=O) groups is 1. The van der Waals surface area contributed by atoms with Crippen LogP contribution in [0.1, 0.15) is 24.8 Å². The van der Waals surface area contributed by atoms with E-state index in [2.05, 4.69) is 24.9 Å². The number of ether oxygens (including phenoxy) is 1. The molecule has 1 atom stereocenters. The van der Waals surface area contributed by atoms with Crippen LogP contribution in [-0.4, -0.2) is 54.7 Å². The lowest BCUT2D eigenvalue weighted by atomic mass is 9.95. The normalized spacial score (nSPS) is 18.3. The molecule has 1 aliphatic heterocycles. The zero-order valence-electron chi connectivity index (χ0n) is 15.1. The summed E-state index contributed by atoms with van der Waals surface area (Å²) in [5, 5.41) is 3.20. The molecule has 0 spiro atoms. The molecule has 150 valence electrons. The van der Waals surface area contributed by atoms with Gasteiger partial charge in [-0.3, -0.25) is 9.79 Å². The van der Waals surface area contributed by atoms with Gasteiger partial charge >= 0.3 is 6.18 Å². The van der Waals surface area contributed by atoms with Gasteiger partial charge in [0, 0.05) is 45.4 Å². The summed E-state index contributed by atoms with van der Waals surface area (Å²) < 4.78 is 41.0. The van der Waals surface area contributed by atoms with Crippen molar-refractivity contribution in [3.8, 4) is 5.88 Å². The number of halogens is 3. The van der Waals surface area contributed by atoms with E-state index < -0.39 is 12.8 Å². The molecule has 0 saturated carbocycles. The van der Waals surface area contributed by atoms with Crippen LogP contribution in [0.25, 0.3) is 0 Å². The zero-order valence-corrected chi connectivity index (χ0v) is 15.1. The lowest BCUT2D eigenvalue weighted by Gasteiger charge is -2.34. The van der Waals surface area contributed by atoms with Crippen LogP contribution in [0.15, 0.2) is 23.3 Å². The number of guanidine groups is 1. The summed E-state index contributed by atoms with van der Waals surface area (Å²) in [5.41, 5.74) is 6.07. The second-order valence-electron chi connectivity index (χ2n) is 6.43. The van der Waals surface area contributed by atoms with Gasteiger partial charge < -0.3 is 20.7 Å². The largest absolute Gasteiger partial charge is 0.468 e. The molecule has 0 bridgehead atoms. The summed E-state index contributed by atoms with van der Waals surface area (Å²) in [4.78, 5) is 21.3. The van der Waals surface area contributed by atoms with Gasteiger partial charge in [-0.15, -0.1) is 0 Å². The Morgan fingerprint density at radius 2 is 2.26 bits per heavy atom. The number of primary amides is 1. The van der Waals surface area contributed by atoms with E-state index in [4.69, 9.17) is 5.73 Å². The number of nitrogens with one attached hydrogen (secondary N) is 1. The van der Waals surface area contributed by atoms with Crippen LogP contribution < -0.4 is 15.8 Å². The Kier molecular flexibility index (Phi) is 7.26. The smallest absolute Gasteiger partial charge is 0.422 e. The van der Waals surface area contributed by atoms with E-state index in [0.717, 1.165) is 24.9 Å². The first-order valence-electron chi connectivity index (χ1n) is 8.65. The van der Waals surface area contributed by atoms with Crippen LogP contribution in [0.5, 0.6) is 5.88 Å². The Hall–Kier alpha value is -2.52. The molecule has 1 unspecified atom stereocenters. The number of hydrogen-bond acceptors (Lipinski definition) is 4. The van der Waals surface area contributed by atoms with Crippen molar-refractivity contribution in [2.45, 2.75) is 32.0 Å². The standard InChI is InChI=1S/C17H24F3N5O2/c1-22-16(25-6-2-3-12(10-25)7-14(21)26)24-9-13-4-5-15(23-8-13)27-11-17(18,19)20/h4-5,8,12H,2-3,6-7,9-11H2,1H3,(H2,21,26)(H,22,24). The van der Waals surface area contributed by atoms with Crippen LogP contribution in [0.3, 0.4) is 0 Å². The van der Waals surface area contributed by atoms with Crippen molar-refractivity contribution in [1.82, 2.24) is 15.2 Å². The van der Waals surface area contributed by atoms with Gasteiger partial charge in [-0.05, 0) is 24.3 Å². The summed E-state index contributed by atoms with van der Waals surface area (Å²) >= 11 is 0. The van der Waals surface area contributed by atoms with Gasteiger partial charge in [0.15, 0.2) is 12.6 Å². The second kappa shape index (κ2) is 9.43. The van der Waals surface area contributed by atoms with Gasteiger partial charge in [-0.25, -0.2) is 4.98 Å². The van der Waals surface area contributed by atoms with Crippen molar-refractivity contribution >= 4 is 11.9 Å². The molecule has 1 aromatic rings. The first-order valence-corrected chi connectivity index (χ1v) is 8.65. The highest BCUT2D eigenvalue weighted by molar-refractivity contribution is 5.80. The van der Waals surface area contributed by atoms with E-state index in [1.807, 2.05) is 0 Å². The number of nitrogens with two attached hydrogens (primary N) is 1. The number of aromatic nitrogens is 1. The van der Waals surface area contributed by atoms with E-state index in [0.29, 0.717) is 25.5 Å². The number of rotatable bonds is 6. The van der Waals surface area contributed by atoms with Crippen LogP contribution in [-0.2, 0) is 11.3 Å². The van der Waals surface area contributed by atoms with Crippen molar-refractivity contribution in [3.63, 3.8) is 0 Å². The van der Waals surface area contributed by atoms with Crippen molar-refractivity contribution in [2.75, 3.05) is 26.7 Å². The van der Waals surface area contributed by atoms with Gasteiger partial charge in [-0.2, -0.15) is 13.2 Å². The molecule has 1 saturated heterocycles. The molecule has 10 heteroatoms. The molecule has 0 aliphatic carbocycles. The van der Waals surface area contributed by atoms with E-state index in [1.54, 1.807) is 13.1 Å². The minimum atomic E-state index is -4.39. The predicted octanol–water partition coefficient (Wildman–Crippen LogP) is 1.69. The Labute approximate surface area is 155 Å². The van der Waals surface area contributed by atoms with Crippen LogP contribution >= 0.6 is 0 Å². The number of carbonyl (C=O) groups excluding carboxylic acids is 1. The van der Waals surface area contributed by atoms with E-state index >= 15 is 0 Å². The number of pyridine rings is 1. The zero-order chi connectivity index (χ0) is 19.9. The number of hydrogen-bond donors (Lipinski definition) is 2. The monoisotopic (exact) mass is 387 g/mol. The number of aliphatic imine (C=N–C) groups is 1. The number of alkyl halides is 3. The Balaban J connectivity index is 1.85. The fraction of sp³-hybridized carbons (Fsp3) is 0.588. The SMILES string of the molecule is CN=C(NCc1ccc(OCC(F)(F)F)nc1)N1CCCC(CC(N)=O)C1. The highest BCUT2D eigenvalue weighted by atomic mass is 19.4. The van der Waals surface area contributed by atoms with Crippen LogP contribution in [0.2, 0.25) is 0 Å². The van der Waals surface area contributed by atoms with Crippen LogP contribution in [0, 0.1) is 5.92 Å². The van der Waals surface area contributed by atoms with Crippen molar-refractivity contribution < 1.29 is 22.7 Å². The Morgan fingerprint density at radius 3 is 2.85 bits per heavy atom. The summed E-state index contributed by atoms with van der Waals surface area (Å²) in [6.45, 7) is 0.574. The topological polar surface area (TPSA) is 92.8 Å². The number of likely N-dealkylation sites (tertiary alicyclic amines) is 1. The first-order chi connectivity index (χ1) is 12.8. The molecule has 27 heavy (non-hydrogen) atoms. The average molecular weight is 387 g/mol. The maximum Gasteiger partial charge on any atom is 0.422 e. The maximum absolute atomic E-state index is 12.1. The van der Waals surface area contributed by atoms with Crippen LogP contribution in [0.4, 0.5) is 13.2 Å². The molecule has 2 rings (SSSR count). The van der Waals surface area contributed by atoms with E-state index in [-0.39, 0.29) is 17.7 Å². The van der Waals surface area contributed by atoms with Gasteiger partial charge in [0.25, 0.3) is 0 Å². The molecule has 1 amide bonds. The van der Waals surface area contributed by atoms with Gasteiger partial charge in [0.2, 0.25) is 11.8 Å². The third-order valence-corrected chi connectivity index (χ3v) is 4.15. The Bertz CT molecular complexity index is 649. The second-order valence-corrected chi connectivity index (χ2v) is 6.43. The summed E-state index contributed by atoms with van der Waals surface area (Å²) in [7, 11) is 1.67. The van der Waals surface area contributed by atoms with E-state index in [1.165, 1.54) is 12.3 Å². The molecule has 0 radical (unpaired) electrons. The molecule has 7 nitrogen and oxygen atoms in total. The third kappa shape index (κ3) is 7.32. The molecule has 1 aromatic heterocycles. The van der Waals surface area contributed by atoms with E-state index in [9.17, 15) is 18.0 Å². The van der Waals surface area contributed by atoms with Crippen molar-refractivity contribution in [3.05, 3.63) is 23.9 Å². The lowest BCUT2D eigenvalue weighted by Crippen LogP contribution is -2.46. The molecule has 1 aliphatic rings.